The average Bonchev–Trinajstić information content (AvgIpc) is 1.65. The summed E-state index contributed by atoms with van der Waals surface area (Å²) >= 11 is 0. The Balaban J connectivity index is -0.0000000853. The van der Waals surface area contributed by atoms with Crippen molar-refractivity contribution in [3.05, 3.63) is 0 Å². The van der Waals surface area contributed by atoms with Gasteiger partial charge in [0.15, 0.2) is 0 Å². The Morgan fingerprint density at radius 1 is 0.478 bits per heavy atom. The van der Waals surface area contributed by atoms with Crippen LogP contribution in [0.1, 0.15) is 0 Å². The van der Waals surface area contributed by atoms with E-state index in [2.05, 4.69) is 12.9 Å². The molecule has 0 saturated carbocycles. The molecule has 0 aromatic rings. The molecule has 0 aliphatic heterocycles. The maximum Gasteiger partial charge on any atom is 0.316 e. The molecule has 2 atom stereocenters. The van der Waals surface area contributed by atoms with Crippen LogP contribution in [0, 0.1) is 0 Å². The van der Waals surface area contributed by atoms with Crippen molar-refractivity contribution in [3.8, 4) is 0 Å². The molecule has 23 heavy (non-hydrogen) atoms. The zero-order chi connectivity index (χ0) is 14.1. The number of rotatable bonds is 6. The van der Waals surface area contributed by atoms with Crippen LogP contribution in [-0.4, -0.2) is 281 Å². The molecule has 0 saturated heterocycles. The summed E-state index contributed by atoms with van der Waals surface area (Å²) in [5, 5.41) is 0. The topological polar surface area (TPSA) is 217 Å². The van der Waals surface area contributed by atoms with E-state index in [1.54, 1.807) is 0 Å². The molecule has 23 heteroatoms. The first-order valence-corrected chi connectivity index (χ1v) is 9.08. The molecular weight excluding hydrogens is 537 g/mol. The minimum Gasteiger partial charge on any atom is 0.316 e. The molecule has 0 fully saturated rings. The van der Waals surface area contributed by atoms with Gasteiger partial charge in [-0.05, 0) is 0 Å². The third-order valence-corrected chi connectivity index (χ3v) is 5.63. The zero-order valence-corrected chi connectivity index (χ0v) is 10.9. The van der Waals surface area contributed by atoms with Crippen molar-refractivity contribution < 1.29 is 60.6 Å². The largest absolute Gasteiger partial charge is 0.316 e. The summed E-state index contributed by atoms with van der Waals surface area (Å²) in [4.78, 5) is 49.4. The number of hydrogen-bond acceptors (Lipinski definition) is 7. The number of phosphoric acid groups is 4. The van der Waals surface area contributed by atoms with E-state index in [0.29, 0.717) is 0 Å². The van der Waals surface area contributed by atoms with E-state index < -0.39 is 31.3 Å². The van der Waals surface area contributed by atoms with Gasteiger partial charge in [-0.2, -0.15) is 12.9 Å². The van der Waals surface area contributed by atoms with Crippen molar-refractivity contribution in [3.63, 3.8) is 0 Å². The van der Waals surface area contributed by atoms with Gasteiger partial charge in [-0.1, -0.05) is 0 Å². The summed E-state index contributed by atoms with van der Waals surface area (Å²) in [6, 6.07) is 0. The van der Waals surface area contributed by atoms with Crippen molar-refractivity contribution in [1.82, 2.24) is 0 Å². The van der Waals surface area contributed by atoms with Crippen molar-refractivity contribution >= 4 is 283 Å². The fourth-order valence-corrected chi connectivity index (χ4v) is 4.40. The van der Waals surface area contributed by atoms with Crippen LogP contribution in [0.25, 0.3) is 0 Å². The Morgan fingerprint density at radius 3 is 0.783 bits per heavy atom. The second-order valence-corrected chi connectivity index (χ2v) is 7.96. The Kier molecular flexibility index (Phi) is 45.1. The average molecular weight is 551 g/mol. The summed E-state index contributed by atoms with van der Waals surface area (Å²) in [5.41, 5.74) is 0. The van der Waals surface area contributed by atoms with Gasteiger partial charge in [-0.25, -0.2) is 18.3 Å². The fraction of sp³-hybridized carbons (Fsp3) is 0. The standard InChI is InChI=1S/4K.2Mg.H6O13P4.8H/c;;;;;;1-14(2,3)11-16(7,8)13-17(9,10)12-15(4,5)6;;;;;;;;/h;;;;;;(H,7,8)(H,9,10)(H2,1,2,3)(H2,4,5,6);;;;;;;;. The van der Waals surface area contributed by atoms with Crippen LogP contribution in [0.4, 0.5) is 0 Å². The number of hydrogen-bond donors (Lipinski definition) is 6. The van der Waals surface area contributed by atoms with Crippen LogP contribution in [0.3, 0.4) is 0 Å². The first-order valence-electron chi connectivity index (χ1n) is 3.03. The van der Waals surface area contributed by atoms with Gasteiger partial charge in [0.2, 0.25) is 0 Å². The van der Waals surface area contributed by atoms with Crippen molar-refractivity contribution in [1.29, 1.82) is 0 Å². The fourth-order valence-electron chi connectivity index (χ4n) is 0.429. The van der Waals surface area contributed by atoms with E-state index in [4.69, 9.17) is 29.4 Å². The minimum atomic E-state index is -5.77. The van der Waals surface area contributed by atoms with Crippen molar-refractivity contribution in [2.75, 3.05) is 0 Å². The second-order valence-electron chi connectivity index (χ2n) is 2.16. The summed E-state index contributed by atoms with van der Waals surface area (Å²) in [7, 11) is -22.6. The molecule has 2 unspecified atom stereocenters. The van der Waals surface area contributed by atoms with Crippen molar-refractivity contribution in [2.24, 2.45) is 0 Å². The monoisotopic (exact) mass is 550 g/mol. The first-order chi connectivity index (χ1) is 7.12. The van der Waals surface area contributed by atoms with E-state index in [9.17, 15) is 18.3 Å². The summed E-state index contributed by atoms with van der Waals surface area (Å²) < 4.78 is 50.9. The maximum atomic E-state index is 10.7. The van der Waals surface area contributed by atoms with Crippen molar-refractivity contribution in [2.45, 2.75) is 0 Å². The van der Waals surface area contributed by atoms with Crippen LogP contribution in [-0.2, 0) is 31.2 Å². The van der Waals surface area contributed by atoms with E-state index in [0.717, 1.165) is 0 Å². The first kappa shape index (κ1) is 48.9. The maximum absolute atomic E-state index is 10.7. The van der Waals surface area contributed by atoms with Gasteiger partial charge < -0.3 is 29.4 Å². The Labute approximate surface area is 333 Å². The van der Waals surface area contributed by atoms with Crippen LogP contribution < -0.4 is 0 Å². The van der Waals surface area contributed by atoms with E-state index in [-0.39, 0.29) is 252 Å². The normalized spacial score (nSPS) is 15.2. The van der Waals surface area contributed by atoms with E-state index in [1.807, 2.05) is 0 Å². The summed E-state index contributed by atoms with van der Waals surface area (Å²) in [6.45, 7) is 0. The molecule has 0 amide bonds. The Morgan fingerprint density at radius 2 is 0.652 bits per heavy atom. The van der Waals surface area contributed by atoms with Gasteiger partial charge in [0.25, 0.3) is 0 Å². The molecule has 6 N–H and O–H groups in total. The van der Waals surface area contributed by atoms with Gasteiger partial charge in [0.05, 0.1) is 0 Å². The molecule has 0 heterocycles. The molecule has 0 aliphatic rings. The van der Waals surface area contributed by atoms with Gasteiger partial charge in [0, 0.05) is 0 Å². The molecule has 0 aromatic carbocycles. The Bertz CT molecular complexity index is 427. The van der Waals surface area contributed by atoms with Gasteiger partial charge in [0.1, 0.15) is 0 Å². The van der Waals surface area contributed by atoms with Crippen LogP contribution in [0.2, 0.25) is 0 Å². The molecule has 0 radical (unpaired) electrons. The van der Waals surface area contributed by atoms with E-state index >= 15 is 0 Å². The van der Waals surface area contributed by atoms with Gasteiger partial charge in [-0.3, -0.25) is 0 Å². The zero-order valence-electron chi connectivity index (χ0n) is 7.33. The van der Waals surface area contributed by atoms with Gasteiger partial charge in [-0.15, -0.1) is 0 Å². The SMILES string of the molecule is O=P(O)(O)OP(=O)(O)OP(=O)(O)OP(=O)(O)O.[KH].[KH].[KH].[KH].[MgH2].[MgH2]. The van der Waals surface area contributed by atoms with Gasteiger partial charge >= 0.3 is 283 Å². The molecule has 0 aliphatic carbocycles. The predicted octanol–water partition coefficient (Wildman–Crippen LogP) is -5.00. The quantitative estimate of drug-likeness (QED) is 0.135. The molecule has 0 bridgehead atoms. The third-order valence-electron chi connectivity index (χ3n) is 0.625. The third kappa shape index (κ3) is 35.4. The Hall–Kier alpha value is 8.64. The molecule has 120 valence electrons. The molecule has 0 spiro atoms. The molecule has 0 rings (SSSR count). The summed E-state index contributed by atoms with van der Waals surface area (Å²) in [6.07, 6.45) is 0. The molecular formula is H14K4Mg2O13P4. The second kappa shape index (κ2) is 21.2. The van der Waals surface area contributed by atoms with E-state index in [1.165, 1.54) is 0 Å². The summed E-state index contributed by atoms with van der Waals surface area (Å²) in [5.74, 6) is 0. The minimum absolute atomic E-state index is 0. The van der Waals surface area contributed by atoms with Crippen LogP contribution >= 0.6 is 31.3 Å². The predicted molar refractivity (Wildman–Crippen MR) is 92.7 cm³/mol. The molecule has 13 nitrogen and oxygen atoms in total. The molecule has 0 aromatic heterocycles. The van der Waals surface area contributed by atoms with Crippen LogP contribution in [0.15, 0.2) is 0 Å². The smallest absolute Gasteiger partial charge is 0.316 e. The van der Waals surface area contributed by atoms with Crippen LogP contribution in [0.5, 0.6) is 0 Å².